The zero-order valence-electron chi connectivity index (χ0n) is 11.4. The van der Waals surface area contributed by atoms with Gasteiger partial charge in [0.15, 0.2) is 17.3 Å². The van der Waals surface area contributed by atoms with Crippen LogP contribution in [0.1, 0.15) is 36.5 Å². The predicted molar refractivity (Wildman–Crippen MR) is 70.0 cm³/mol. The number of unbranched alkanes of at least 4 members (excludes halogenated alkanes) is 1. The lowest BCUT2D eigenvalue weighted by Gasteiger charge is -2.13. The van der Waals surface area contributed by atoms with Crippen LogP contribution in [-0.4, -0.2) is 27.1 Å². The van der Waals surface area contributed by atoms with E-state index in [2.05, 4.69) is 6.92 Å². The molecule has 100 valence electrons. The van der Waals surface area contributed by atoms with Gasteiger partial charge in [0.05, 0.1) is 21.3 Å². The van der Waals surface area contributed by atoms with Crippen molar-refractivity contribution in [2.75, 3.05) is 21.3 Å². The predicted octanol–water partition coefficient (Wildman–Crippen LogP) is 3.09. The maximum Gasteiger partial charge on any atom is 0.203 e. The van der Waals surface area contributed by atoms with Crippen LogP contribution in [0.15, 0.2) is 12.1 Å². The molecule has 0 aliphatic rings. The molecular formula is C14H20O4. The molecule has 0 atom stereocenters. The molecular weight excluding hydrogens is 232 g/mol. The molecule has 18 heavy (non-hydrogen) atoms. The van der Waals surface area contributed by atoms with Gasteiger partial charge >= 0.3 is 0 Å². The van der Waals surface area contributed by atoms with E-state index in [1.807, 2.05) is 0 Å². The zero-order valence-corrected chi connectivity index (χ0v) is 11.4. The van der Waals surface area contributed by atoms with Crippen LogP contribution in [0.3, 0.4) is 0 Å². The first kappa shape index (κ1) is 14.4. The lowest BCUT2D eigenvalue weighted by atomic mass is 10.0. The number of Topliss-reactive ketones (excluding diaryl/α,β-unsaturated/α-hetero) is 1. The maximum atomic E-state index is 12.0. The second kappa shape index (κ2) is 6.89. The molecule has 4 heteroatoms. The number of ketones is 1. The van der Waals surface area contributed by atoms with E-state index in [0.29, 0.717) is 29.2 Å². The molecule has 0 bridgehead atoms. The highest BCUT2D eigenvalue weighted by Gasteiger charge is 2.16. The highest BCUT2D eigenvalue weighted by atomic mass is 16.5. The monoisotopic (exact) mass is 252 g/mol. The summed E-state index contributed by atoms with van der Waals surface area (Å²) in [4.78, 5) is 12.0. The topological polar surface area (TPSA) is 44.8 Å². The number of carbonyl (C=O) groups excluding carboxylic acids is 1. The summed E-state index contributed by atoms with van der Waals surface area (Å²) in [5, 5.41) is 0. The first-order valence-electron chi connectivity index (χ1n) is 6.01. The molecule has 0 aliphatic heterocycles. The van der Waals surface area contributed by atoms with Gasteiger partial charge in [-0.25, -0.2) is 0 Å². The van der Waals surface area contributed by atoms with Gasteiger partial charge in [0.2, 0.25) is 5.75 Å². The molecule has 0 spiro atoms. The van der Waals surface area contributed by atoms with Crippen molar-refractivity contribution in [2.24, 2.45) is 0 Å². The first-order chi connectivity index (χ1) is 8.67. The van der Waals surface area contributed by atoms with Crippen LogP contribution in [-0.2, 0) is 0 Å². The van der Waals surface area contributed by atoms with Crippen LogP contribution < -0.4 is 14.2 Å². The van der Waals surface area contributed by atoms with Crippen molar-refractivity contribution in [3.63, 3.8) is 0 Å². The van der Waals surface area contributed by atoms with Gasteiger partial charge in [-0.2, -0.15) is 0 Å². The Kier molecular flexibility index (Phi) is 5.49. The van der Waals surface area contributed by atoms with Crippen molar-refractivity contribution >= 4 is 5.78 Å². The molecule has 0 amide bonds. The standard InChI is InChI=1S/C14H20O4/c1-5-6-7-11(15)10-8-12(16-2)14(18-4)13(9-10)17-3/h8-9H,5-7H2,1-4H3. The SMILES string of the molecule is CCCCC(=O)c1cc(OC)c(OC)c(OC)c1. The minimum atomic E-state index is 0.0936. The first-order valence-corrected chi connectivity index (χ1v) is 6.01. The fourth-order valence-electron chi connectivity index (χ4n) is 1.72. The van der Waals surface area contributed by atoms with E-state index in [4.69, 9.17) is 14.2 Å². The van der Waals surface area contributed by atoms with Gasteiger partial charge in [-0.15, -0.1) is 0 Å². The van der Waals surface area contributed by atoms with Gasteiger partial charge in [0.1, 0.15) is 0 Å². The van der Waals surface area contributed by atoms with Crippen molar-refractivity contribution in [3.8, 4) is 17.2 Å². The van der Waals surface area contributed by atoms with Gasteiger partial charge in [0.25, 0.3) is 0 Å². The fraction of sp³-hybridized carbons (Fsp3) is 0.500. The van der Waals surface area contributed by atoms with Crippen LogP contribution in [0, 0.1) is 0 Å². The van der Waals surface area contributed by atoms with E-state index in [-0.39, 0.29) is 5.78 Å². The Morgan fingerprint density at radius 1 is 1.06 bits per heavy atom. The summed E-state index contributed by atoms with van der Waals surface area (Å²) in [5.74, 6) is 1.62. The quantitative estimate of drug-likeness (QED) is 0.699. The van der Waals surface area contributed by atoms with Gasteiger partial charge < -0.3 is 14.2 Å². The third-order valence-corrected chi connectivity index (χ3v) is 2.74. The van der Waals surface area contributed by atoms with E-state index < -0.39 is 0 Å². The molecule has 0 heterocycles. The largest absolute Gasteiger partial charge is 0.493 e. The number of benzene rings is 1. The minimum absolute atomic E-state index is 0.0936. The Bertz CT molecular complexity index is 387. The van der Waals surface area contributed by atoms with E-state index in [9.17, 15) is 4.79 Å². The summed E-state index contributed by atoms with van der Waals surface area (Å²) in [6.07, 6.45) is 2.42. The summed E-state index contributed by atoms with van der Waals surface area (Å²) in [6.45, 7) is 2.06. The molecule has 1 aromatic rings. The second-order valence-corrected chi connectivity index (χ2v) is 3.94. The van der Waals surface area contributed by atoms with E-state index in [1.54, 1.807) is 19.2 Å². The molecule has 0 aliphatic carbocycles. The molecule has 0 radical (unpaired) electrons. The maximum absolute atomic E-state index is 12.0. The van der Waals surface area contributed by atoms with Crippen LogP contribution >= 0.6 is 0 Å². The average molecular weight is 252 g/mol. The number of carbonyl (C=O) groups is 1. The van der Waals surface area contributed by atoms with Crippen molar-refractivity contribution in [2.45, 2.75) is 26.2 Å². The molecule has 0 fully saturated rings. The number of hydrogen-bond acceptors (Lipinski definition) is 4. The van der Waals surface area contributed by atoms with Gasteiger partial charge in [-0.3, -0.25) is 4.79 Å². The molecule has 0 saturated heterocycles. The number of hydrogen-bond donors (Lipinski definition) is 0. The molecule has 0 saturated carbocycles. The third kappa shape index (κ3) is 3.15. The lowest BCUT2D eigenvalue weighted by Crippen LogP contribution is -2.02. The van der Waals surface area contributed by atoms with E-state index in [0.717, 1.165) is 12.8 Å². The van der Waals surface area contributed by atoms with Crippen molar-refractivity contribution in [1.29, 1.82) is 0 Å². The van der Waals surface area contributed by atoms with Gasteiger partial charge in [0, 0.05) is 12.0 Å². The third-order valence-electron chi connectivity index (χ3n) is 2.74. The van der Waals surface area contributed by atoms with Crippen molar-refractivity contribution < 1.29 is 19.0 Å². The minimum Gasteiger partial charge on any atom is -0.493 e. The van der Waals surface area contributed by atoms with Crippen molar-refractivity contribution in [3.05, 3.63) is 17.7 Å². The van der Waals surface area contributed by atoms with Crippen LogP contribution in [0.4, 0.5) is 0 Å². The lowest BCUT2D eigenvalue weighted by molar-refractivity contribution is 0.0979. The zero-order chi connectivity index (χ0) is 13.5. The Morgan fingerprint density at radius 3 is 2.00 bits per heavy atom. The van der Waals surface area contributed by atoms with Crippen LogP contribution in [0.2, 0.25) is 0 Å². The molecule has 0 aromatic heterocycles. The number of rotatable bonds is 7. The molecule has 1 aromatic carbocycles. The average Bonchev–Trinajstić information content (AvgIpc) is 2.42. The number of ether oxygens (including phenoxy) is 3. The summed E-state index contributed by atoms with van der Waals surface area (Å²) < 4.78 is 15.6. The normalized spacial score (nSPS) is 10.0. The van der Waals surface area contributed by atoms with Gasteiger partial charge in [-0.05, 0) is 18.6 Å². The van der Waals surface area contributed by atoms with Crippen molar-refractivity contribution in [1.82, 2.24) is 0 Å². The molecule has 4 nitrogen and oxygen atoms in total. The molecule has 0 unspecified atom stereocenters. The summed E-state index contributed by atoms with van der Waals surface area (Å²) in [6, 6.07) is 3.39. The van der Waals surface area contributed by atoms with Crippen LogP contribution in [0.25, 0.3) is 0 Å². The summed E-state index contributed by atoms with van der Waals surface area (Å²) >= 11 is 0. The summed E-state index contributed by atoms with van der Waals surface area (Å²) in [5.41, 5.74) is 0.595. The Labute approximate surface area is 108 Å². The smallest absolute Gasteiger partial charge is 0.203 e. The van der Waals surface area contributed by atoms with E-state index in [1.165, 1.54) is 14.2 Å². The summed E-state index contributed by atoms with van der Waals surface area (Å²) in [7, 11) is 4.62. The number of methoxy groups -OCH3 is 3. The van der Waals surface area contributed by atoms with E-state index >= 15 is 0 Å². The molecule has 0 N–H and O–H groups in total. The van der Waals surface area contributed by atoms with Gasteiger partial charge in [-0.1, -0.05) is 13.3 Å². The fourth-order valence-corrected chi connectivity index (χ4v) is 1.72. The highest BCUT2D eigenvalue weighted by Crippen LogP contribution is 2.38. The molecule has 1 rings (SSSR count). The Hall–Kier alpha value is -1.71. The highest BCUT2D eigenvalue weighted by molar-refractivity contribution is 5.97. The van der Waals surface area contributed by atoms with Crippen LogP contribution in [0.5, 0.6) is 17.2 Å². The Morgan fingerprint density at radius 2 is 1.61 bits per heavy atom. The second-order valence-electron chi connectivity index (χ2n) is 3.94. The Balaban J connectivity index is 3.10.